The number of carbonyl (C=O) groups is 1. The number of carbonyl (C=O) groups excluding carboxylic acids is 1. The van der Waals surface area contributed by atoms with Gasteiger partial charge in [-0.25, -0.2) is 0 Å². The summed E-state index contributed by atoms with van der Waals surface area (Å²) in [6.07, 6.45) is 3.46. The third-order valence-corrected chi connectivity index (χ3v) is 7.39. The van der Waals surface area contributed by atoms with E-state index in [1.165, 1.54) is 28.6 Å². The molecule has 0 unspecified atom stereocenters. The number of thioether (sulfide) groups is 1. The summed E-state index contributed by atoms with van der Waals surface area (Å²) in [5.41, 5.74) is 2.05. The first kappa shape index (κ1) is 19.4. The van der Waals surface area contributed by atoms with Crippen LogP contribution in [-0.2, 0) is 17.6 Å². The van der Waals surface area contributed by atoms with E-state index in [-0.39, 0.29) is 12.7 Å². The van der Waals surface area contributed by atoms with E-state index in [9.17, 15) is 4.79 Å². The second-order valence-electron chi connectivity index (χ2n) is 7.60. The van der Waals surface area contributed by atoms with E-state index in [4.69, 9.17) is 13.9 Å². The van der Waals surface area contributed by atoms with Crippen LogP contribution in [0, 0.1) is 5.92 Å². The molecule has 0 saturated carbocycles. The van der Waals surface area contributed by atoms with Crippen molar-refractivity contribution in [1.29, 1.82) is 0 Å². The lowest BCUT2D eigenvalue weighted by Crippen LogP contribution is -2.22. The Bertz CT molecular complexity index is 1090. The first-order valence-electron chi connectivity index (χ1n) is 9.88. The van der Waals surface area contributed by atoms with E-state index in [0.717, 1.165) is 23.6 Å². The fourth-order valence-electron chi connectivity index (χ4n) is 3.59. The van der Waals surface area contributed by atoms with Crippen molar-refractivity contribution in [2.45, 2.75) is 43.6 Å². The van der Waals surface area contributed by atoms with Crippen LogP contribution in [0.1, 0.15) is 30.7 Å². The molecule has 3 aromatic rings. The van der Waals surface area contributed by atoms with E-state index >= 15 is 0 Å². The molecular formula is C21H21N3O4S2. The van der Waals surface area contributed by atoms with Crippen LogP contribution in [0.2, 0.25) is 0 Å². The van der Waals surface area contributed by atoms with Gasteiger partial charge in [0.1, 0.15) is 0 Å². The molecule has 1 aliphatic heterocycles. The van der Waals surface area contributed by atoms with Gasteiger partial charge in [0.15, 0.2) is 11.5 Å². The van der Waals surface area contributed by atoms with Gasteiger partial charge in [0.05, 0.1) is 10.1 Å². The molecule has 1 amide bonds. The Morgan fingerprint density at radius 1 is 1.27 bits per heavy atom. The highest BCUT2D eigenvalue weighted by molar-refractivity contribution is 8.00. The first-order chi connectivity index (χ1) is 14.5. The standard InChI is InChI=1S/C21H21N3O4S2/c1-11-3-6-17-13(7-11)8-18(30-17)20-23-24-21(28-20)29-12(2)19(25)22-14-4-5-15-16(9-14)27-10-26-15/h4-5,8-9,11-12H,3,6-7,10H2,1-2H3,(H,22,25)/t11-,12+/m0/s1. The van der Waals surface area contributed by atoms with Gasteiger partial charge in [0.2, 0.25) is 12.7 Å². The molecule has 5 rings (SSSR count). The third-order valence-electron chi connectivity index (χ3n) is 5.23. The van der Waals surface area contributed by atoms with E-state index in [1.807, 2.05) is 6.92 Å². The Hall–Kier alpha value is -2.52. The highest BCUT2D eigenvalue weighted by Crippen LogP contribution is 2.38. The smallest absolute Gasteiger partial charge is 0.277 e. The van der Waals surface area contributed by atoms with Crippen molar-refractivity contribution in [3.8, 4) is 22.3 Å². The van der Waals surface area contributed by atoms with Crippen LogP contribution in [0.25, 0.3) is 10.8 Å². The van der Waals surface area contributed by atoms with Crippen molar-refractivity contribution < 1.29 is 18.7 Å². The first-order valence-corrected chi connectivity index (χ1v) is 11.6. The van der Waals surface area contributed by atoms with Crippen LogP contribution in [0.15, 0.2) is 33.9 Å². The zero-order chi connectivity index (χ0) is 20.7. The largest absolute Gasteiger partial charge is 0.454 e. The van der Waals surface area contributed by atoms with Gasteiger partial charge in [-0.1, -0.05) is 18.7 Å². The molecule has 0 radical (unpaired) electrons. The lowest BCUT2D eigenvalue weighted by molar-refractivity contribution is -0.115. The molecule has 156 valence electrons. The fourth-order valence-corrected chi connectivity index (χ4v) is 5.40. The maximum absolute atomic E-state index is 12.6. The van der Waals surface area contributed by atoms with Gasteiger partial charge in [-0.05, 0) is 55.9 Å². The number of amides is 1. The van der Waals surface area contributed by atoms with Crippen LogP contribution in [0.4, 0.5) is 5.69 Å². The number of ether oxygens (including phenoxy) is 2. The number of nitrogens with one attached hydrogen (secondary N) is 1. The number of hydrogen-bond donors (Lipinski definition) is 1. The minimum Gasteiger partial charge on any atom is -0.454 e. The van der Waals surface area contributed by atoms with Crippen LogP contribution < -0.4 is 14.8 Å². The summed E-state index contributed by atoms with van der Waals surface area (Å²) < 4.78 is 16.5. The summed E-state index contributed by atoms with van der Waals surface area (Å²) in [7, 11) is 0. The summed E-state index contributed by atoms with van der Waals surface area (Å²) in [5.74, 6) is 2.39. The molecule has 1 aliphatic carbocycles. The van der Waals surface area contributed by atoms with Gasteiger partial charge in [0, 0.05) is 16.6 Å². The lowest BCUT2D eigenvalue weighted by atomic mass is 9.90. The highest BCUT2D eigenvalue weighted by atomic mass is 32.2. The van der Waals surface area contributed by atoms with Crippen LogP contribution in [-0.4, -0.2) is 28.1 Å². The molecule has 0 saturated heterocycles. The Morgan fingerprint density at radius 2 is 2.13 bits per heavy atom. The number of anilines is 1. The lowest BCUT2D eigenvalue weighted by Gasteiger charge is -2.16. The summed E-state index contributed by atoms with van der Waals surface area (Å²) in [6.45, 7) is 4.30. The second kappa shape index (κ2) is 7.96. The number of aryl methyl sites for hydroxylation is 1. The van der Waals surface area contributed by atoms with Crippen molar-refractivity contribution in [3.05, 3.63) is 34.7 Å². The molecule has 0 fully saturated rings. The molecule has 7 nitrogen and oxygen atoms in total. The van der Waals surface area contributed by atoms with Gasteiger partial charge in [-0.15, -0.1) is 21.5 Å². The van der Waals surface area contributed by atoms with Crippen molar-refractivity contribution in [2.75, 3.05) is 12.1 Å². The SMILES string of the molecule is C[C@H]1CCc2sc(-c3nnc(S[C@H](C)C(=O)Nc4ccc5c(c4)OCO5)o3)cc2C1. The quantitative estimate of drug-likeness (QED) is 0.568. The van der Waals surface area contributed by atoms with E-state index in [1.54, 1.807) is 29.5 Å². The Labute approximate surface area is 182 Å². The molecule has 2 aromatic heterocycles. The molecule has 1 N–H and O–H groups in total. The van der Waals surface area contributed by atoms with Gasteiger partial charge in [0.25, 0.3) is 11.1 Å². The molecule has 2 atom stereocenters. The topological polar surface area (TPSA) is 86.5 Å². The Morgan fingerprint density at radius 3 is 3.03 bits per heavy atom. The van der Waals surface area contributed by atoms with Crippen molar-refractivity contribution >= 4 is 34.7 Å². The van der Waals surface area contributed by atoms with Gasteiger partial charge >= 0.3 is 0 Å². The Kier molecular flexibility index (Phi) is 5.16. The predicted molar refractivity (Wildman–Crippen MR) is 115 cm³/mol. The minimum atomic E-state index is -0.402. The summed E-state index contributed by atoms with van der Waals surface area (Å²) in [5, 5.41) is 11.2. The average Bonchev–Trinajstić information content (AvgIpc) is 3.46. The normalized spacial score (nSPS) is 18.1. The number of benzene rings is 1. The van der Waals surface area contributed by atoms with E-state index in [2.05, 4.69) is 28.5 Å². The molecule has 3 heterocycles. The fraction of sp³-hybridized carbons (Fsp3) is 0.381. The van der Waals surface area contributed by atoms with Gasteiger partial charge in [-0.3, -0.25) is 4.79 Å². The highest BCUT2D eigenvalue weighted by Gasteiger charge is 2.23. The van der Waals surface area contributed by atoms with Gasteiger partial charge in [-0.2, -0.15) is 0 Å². The number of thiophene rings is 1. The molecule has 1 aromatic carbocycles. The summed E-state index contributed by atoms with van der Waals surface area (Å²) in [6, 6.07) is 7.49. The maximum atomic E-state index is 12.6. The van der Waals surface area contributed by atoms with Crippen LogP contribution >= 0.6 is 23.1 Å². The molecule has 0 bridgehead atoms. The van der Waals surface area contributed by atoms with E-state index in [0.29, 0.717) is 28.3 Å². The number of aromatic nitrogens is 2. The summed E-state index contributed by atoms with van der Waals surface area (Å²) in [4.78, 5) is 15.0. The second-order valence-corrected chi connectivity index (χ2v) is 10.0. The van der Waals surface area contributed by atoms with Gasteiger partial charge < -0.3 is 19.2 Å². The number of nitrogens with zero attached hydrogens (tertiary/aromatic N) is 2. The summed E-state index contributed by atoms with van der Waals surface area (Å²) >= 11 is 2.98. The van der Waals surface area contributed by atoms with Crippen molar-refractivity contribution in [1.82, 2.24) is 10.2 Å². The maximum Gasteiger partial charge on any atom is 0.277 e. The average molecular weight is 444 g/mol. The zero-order valence-electron chi connectivity index (χ0n) is 16.6. The predicted octanol–water partition coefficient (Wildman–Crippen LogP) is 4.77. The van der Waals surface area contributed by atoms with Crippen LogP contribution in [0.3, 0.4) is 0 Å². The molecule has 30 heavy (non-hydrogen) atoms. The van der Waals surface area contributed by atoms with Crippen molar-refractivity contribution in [3.63, 3.8) is 0 Å². The number of fused-ring (bicyclic) bond motifs is 2. The third kappa shape index (κ3) is 3.91. The Balaban J connectivity index is 1.23. The minimum absolute atomic E-state index is 0.154. The van der Waals surface area contributed by atoms with Crippen molar-refractivity contribution in [2.24, 2.45) is 5.92 Å². The molecule has 9 heteroatoms. The number of hydrogen-bond acceptors (Lipinski definition) is 8. The molecule has 2 aliphatic rings. The van der Waals surface area contributed by atoms with Crippen LogP contribution in [0.5, 0.6) is 11.5 Å². The molecular weight excluding hydrogens is 422 g/mol. The number of rotatable bonds is 5. The molecule has 0 spiro atoms. The zero-order valence-corrected chi connectivity index (χ0v) is 18.3. The monoisotopic (exact) mass is 443 g/mol. The van der Waals surface area contributed by atoms with E-state index < -0.39 is 5.25 Å².